The number of amides is 1. The van der Waals surface area contributed by atoms with E-state index in [1.165, 1.54) is 17.4 Å². The molecule has 0 radical (unpaired) electrons. The van der Waals surface area contributed by atoms with Crippen molar-refractivity contribution in [3.63, 3.8) is 0 Å². The van der Waals surface area contributed by atoms with Crippen LogP contribution in [0.4, 0.5) is 4.39 Å². The molecule has 0 unspecified atom stereocenters. The zero-order valence-electron chi connectivity index (χ0n) is 14.1. The van der Waals surface area contributed by atoms with Gasteiger partial charge in [0.15, 0.2) is 0 Å². The van der Waals surface area contributed by atoms with E-state index in [0.29, 0.717) is 12.1 Å². The van der Waals surface area contributed by atoms with Crippen LogP contribution in [0.15, 0.2) is 54.0 Å². The highest BCUT2D eigenvalue weighted by Gasteiger charge is 2.30. The summed E-state index contributed by atoms with van der Waals surface area (Å²) in [5.74, 6) is -0.291. The second-order valence-corrected chi connectivity index (χ2v) is 7.24. The Hall–Kier alpha value is -2.60. The number of thiazole rings is 1. The van der Waals surface area contributed by atoms with Crippen LogP contribution < -0.4 is 0 Å². The van der Waals surface area contributed by atoms with Crippen molar-refractivity contribution >= 4 is 17.2 Å². The van der Waals surface area contributed by atoms with Gasteiger partial charge in [0.1, 0.15) is 16.5 Å². The maximum absolute atomic E-state index is 13.4. The van der Waals surface area contributed by atoms with Gasteiger partial charge in [-0.1, -0.05) is 18.2 Å². The Morgan fingerprint density at radius 2 is 2.19 bits per heavy atom. The van der Waals surface area contributed by atoms with Crippen LogP contribution in [0, 0.1) is 5.82 Å². The summed E-state index contributed by atoms with van der Waals surface area (Å²) in [4.78, 5) is 23.6. The van der Waals surface area contributed by atoms with Crippen molar-refractivity contribution in [3.8, 4) is 10.7 Å². The topological polar surface area (TPSA) is 46.1 Å². The third-order valence-electron chi connectivity index (χ3n) is 4.61. The second-order valence-electron chi connectivity index (χ2n) is 6.38. The molecule has 0 bridgehead atoms. The minimum atomic E-state index is -0.238. The maximum Gasteiger partial charge on any atom is 0.273 e. The largest absolute Gasteiger partial charge is 0.334 e. The van der Waals surface area contributed by atoms with Crippen LogP contribution >= 0.6 is 11.3 Å². The average Bonchev–Trinajstić information content (AvgIpc) is 3.32. The van der Waals surface area contributed by atoms with Crippen LogP contribution in [0.2, 0.25) is 0 Å². The quantitative estimate of drug-likeness (QED) is 0.695. The molecule has 2 aromatic heterocycles. The van der Waals surface area contributed by atoms with Crippen molar-refractivity contribution in [3.05, 3.63) is 71.1 Å². The van der Waals surface area contributed by atoms with E-state index in [2.05, 4.69) is 9.97 Å². The van der Waals surface area contributed by atoms with Crippen LogP contribution in [0.1, 0.15) is 28.9 Å². The maximum atomic E-state index is 13.4. The number of hydrogen-bond donors (Lipinski definition) is 0. The molecular formula is C20H18FN3OS. The number of hydrogen-bond acceptors (Lipinski definition) is 4. The van der Waals surface area contributed by atoms with E-state index < -0.39 is 0 Å². The Balaban J connectivity index is 1.51. The first kappa shape index (κ1) is 16.8. The third kappa shape index (κ3) is 3.51. The van der Waals surface area contributed by atoms with Crippen LogP contribution in [0.25, 0.3) is 10.7 Å². The predicted molar refractivity (Wildman–Crippen MR) is 99.5 cm³/mol. The molecule has 0 aliphatic carbocycles. The van der Waals surface area contributed by atoms with Crippen molar-refractivity contribution in [2.24, 2.45) is 0 Å². The lowest BCUT2D eigenvalue weighted by Crippen LogP contribution is -2.37. The fourth-order valence-electron chi connectivity index (χ4n) is 3.38. The van der Waals surface area contributed by atoms with Gasteiger partial charge in [0.2, 0.25) is 0 Å². The van der Waals surface area contributed by atoms with Gasteiger partial charge in [-0.25, -0.2) is 9.37 Å². The molecule has 6 heteroatoms. The minimum absolute atomic E-state index is 0.0534. The molecule has 1 fully saturated rings. The standard InChI is InChI=1S/C20H18FN3OS/c21-15-6-3-5-14(11-15)12-16-7-4-10-24(16)20(25)18-13-26-19(23-18)17-8-1-2-9-22-17/h1-3,5-6,8-9,11,13,16H,4,7,10,12H2/t16-/m0/s1. The first-order chi connectivity index (χ1) is 12.7. The molecular weight excluding hydrogens is 349 g/mol. The second kappa shape index (κ2) is 7.33. The lowest BCUT2D eigenvalue weighted by Gasteiger charge is -2.24. The molecule has 0 N–H and O–H groups in total. The predicted octanol–water partition coefficient (Wildman–Crippen LogP) is 4.19. The summed E-state index contributed by atoms with van der Waals surface area (Å²) < 4.78 is 13.4. The molecule has 1 atom stereocenters. The molecule has 4 nitrogen and oxygen atoms in total. The van der Waals surface area contributed by atoms with E-state index in [0.717, 1.165) is 35.7 Å². The number of pyridine rings is 1. The Morgan fingerprint density at radius 3 is 3.00 bits per heavy atom. The van der Waals surface area contributed by atoms with E-state index in [4.69, 9.17) is 0 Å². The van der Waals surface area contributed by atoms with E-state index in [1.54, 1.807) is 23.7 Å². The van der Waals surface area contributed by atoms with Gasteiger partial charge in [-0.05, 0) is 49.1 Å². The number of likely N-dealkylation sites (tertiary alicyclic amines) is 1. The summed E-state index contributed by atoms with van der Waals surface area (Å²) in [5, 5.41) is 2.54. The fraction of sp³-hybridized carbons (Fsp3) is 0.250. The monoisotopic (exact) mass is 367 g/mol. The summed E-state index contributed by atoms with van der Waals surface area (Å²) in [6.07, 6.45) is 4.27. The number of benzene rings is 1. The third-order valence-corrected chi connectivity index (χ3v) is 5.47. The van der Waals surface area contributed by atoms with Crippen LogP contribution in [0.3, 0.4) is 0 Å². The van der Waals surface area contributed by atoms with Gasteiger partial charge in [-0.2, -0.15) is 0 Å². The van der Waals surface area contributed by atoms with Crippen LogP contribution in [-0.2, 0) is 6.42 Å². The highest BCUT2D eigenvalue weighted by molar-refractivity contribution is 7.13. The molecule has 1 saturated heterocycles. The van der Waals surface area contributed by atoms with Crippen LogP contribution in [-0.4, -0.2) is 33.4 Å². The van der Waals surface area contributed by atoms with Crippen molar-refractivity contribution < 1.29 is 9.18 Å². The van der Waals surface area contributed by atoms with E-state index in [1.807, 2.05) is 29.2 Å². The molecule has 26 heavy (non-hydrogen) atoms. The molecule has 132 valence electrons. The van der Waals surface area contributed by atoms with Crippen molar-refractivity contribution in [1.82, 2.24) is 14.9 Å². The molecule has 4 rings (SSSR count). The number of nitrogens with zero attached hydrogens (tertiary/aromatic N) is 3. The summed E-state index contributed by atoms with van der Waals surface area (Å²) in [7, 11) is 0. The molecule has 3 aromatic rings. The lowest BCUT2D eigenvalue weighted by molar-refractivity contribution is 0.0731. The highest BCUT2D eigenvalue weighted by atomic mass is 32.1. The van der Waals surface area contributed by atoms with Gasteiger partial charge < -0.3 is 4.90 Å². The van der Waals surface area contributed by atoms with E-state index >= 15 is 0 Å². The minimum Gasteiger partial charge on any atom is -0.334 e. The highest BCUT2D eigenvalue weighted by Crippen LogP contribution is 2.26. The summed E-state index contributed by atoms with van der Waals surface area (Å²) >= 11 is 1.43. The number of halogens is 1. The Morgan fingerprint density at radius 1 is 1.27 bits per heavy atom. The SMILES string of the molecule is O=C(c1csc(-c2ccccn2)n1)N1CCC[C@H]1Cc1cccc(F)c1. The van der Waals surface area contributed by atoms with Crippen molar-refractivity contribution in [1.29, 1.82) is 0 Å². The number of rotatable bonds is 4. The van der Waals surface area contributed by atoms with Gasteiger partial charge in [0.05, 0.1) is 5.69 Å². The summed E-state index contributed by atoms with van der Waals surface area (Å²) in [6.45, 7) is 0.718. The van der Waals surface area contributed by atoms with Gasteiger partial charge >= 0.3 is 0 Å². The molecule has 3 heterocycles. The number of carbonyl (C=O) groups is 1. The molecule has 1 aromatic carbocycles. The molecule has 1 aliphatic heterocycles. The Labute approximate surface area is 155 Å². The smallest absolute Gasteiger partial charge is 0.273 e. The van der Waals surface area contributed by atoms with Gasteiger partial charge in [0, 0.05) is 24.2 Å². The molecule has 1 amide bonds. The van der Waals surface area contributed by atoms with Crippen LogP contribution in [0.5, 0.6) is 0 Å². The van der Waals surface area contributed by atoms with Crippen molar-refractivity contribution in [2.45, 2.75) is 25.3 Å². The average molecular weight is 367 g/mol. The Bertz CT molecular complexity index is 912. The summed E-state index contributed by atoms with van der Waals surface area (Å²) in [5.41, 5.74) is 2.15. The molecule has 0 saturated carbocycles. The zero-order chi connectivity index (χ0) is 17.9. The zero-order valence-corrected chi connectivity index (χ0v) is 15.0. The normalized spacial score (nSPS) is 16.8. The van der Waals surface area contributed by atoms with E-state index in [9.17, 15) is 9.18 Å². The Kier molecular flexibility index (Phi) is 4.75. The van der Waals surface area contributed by atoms with Gasteiger partial charge in [0.25, 0.3) is 5.91 Å². The first-order valence-electron chi connectivity index (χ1n) is 8.63. The summed E-state index contributed by atoms with van der Waals surface area (Å²) in [6, 6.07) is 12.3. The molecule has 1 aliphatic rings. The van der Waals surface area contributed by atoms with Gasteiger partial charge in [-0.15, -0.1) is 11.3 Å². The number of aromatic nitrogens is 2. The first-order valence-corrected chi connectivity index (χ1v) is 9.51. The fourth-order valence-corrected chi connectivity index (χ4v) is 4.15. The van der Waals surface area contributed by atoms with Crippen molar-refractivity contribution in [2.75, 3.05) is 6.54 Å². The molecule has 0 spiro atoms. The van der Waals surface area contributed by atoms with E-state index in [-0.39, 0.29) is 17.8 Å². The van der Waals surface area contributed by atoms with Gasteiger partial charge in [-0.3, -0.25) is 9.78 Å². The lowest BCUT2D eigenvalue weighted by atomic mass is 10.0. The number of carbonyl (C=O) groups excluding carboxylic acids is 1.